The number of hydrogen-bond acceptors (Lipinski definition) is 4. The third-order valence-electron chi connectivity index (χ3n) is 4.64. The third-order valence-corrected chi connectivity index (χ3v) is 4.64. The number of piperazine rings is 1. The van der Waals surface area contributed by atoms with Gasteiger partial charge in [0.1, 0.15) is 5.82 Å². The summed E-state index contributed by atoms with van der Waals surface area (Å²) in [6.07, 6.45) is 1.83. The van der Waals surface area contributed by atoms with E-state index in [-0.39, 0.29) is 5.91 Å². The summed E-state index contributed by atoms with van der Waals surface area (Å²) in [5, 5.41) is 0. The summed E-state index contributed by atoms with van der Waals surface area (Å²) in [5.41, 5.74) is 2.16. The van der Waals surface area contributed by atoms with E-state index in [1.165, 1.54) is 5.56 Å². The van der Waals surface area contributed by atoms with E-state index in [0.717, 1.165) is 37.7 Å². The van der Waals surface area contributed by atoms with E-state index < -0.39 is 0 Å². The molecule has 0 saturated carbocycles. The van der Waals surface area contributed by atoms with Crippen molar-refractivity contribution in [3.05, 3.63) is 54.2 Å². The molecule has 3 rings (SSSR count). The Morgan fingerprint density at radius 2 is 1.92 bits per heavy atom. The van der Waals surface area contributed by atoms with Crippen LogP contribution in [0.15, 0.2) is 48.7 Å². The maximum atomic E-state index is 12.8. The summed E-state index contributed by atoms with van der Waals surface area (Å²) < 4.78 is 0. The zero-order valence-electron chi connectivity index (χ0n) is 15.1. The van der Waals surface area contributed by atoms with Crippen molar-refractivity contribution in [3.63, 3.8) is 0 Å². The van der Waals surface area contributed by atoms with Crippen molar-refractivity contribution < 1.29 is 4.79 Å². The van der Waals surface area contributed by atoms with Crippen LogP contribution < -0.4 is 9.80 Å². The molecule has 1 aromatic heterocycles. The molecule has 5 heteroatoms. The van der Waals surface area contributed by atoms with Crippen molar-refractivity contribution in [2.45, 2.75) is 13.8 Å². The number of likely N-dealkylation sites (N-methyl/N-ethyl adjacent to an activating group) is 1. The highest BCUT2D eigenvalue weighted by atomic mass is 16.2. The number of benzene rings is 1. The van der Waals surface area contributed by atoms with Crippen LogP contribution in [0.4, 0.5) is 11.5 Å². The number of amides is 1. The molecule has 0 bridgehead atoms. The van der Waals surface area contributed by atoms with Gasteiger partial charge in [0.25, 0.3) is 0 Å². The lowest BCUT2D eigenvalue weighted by Crippen LogP contribution is -2.50. The molecule has 1 aliphatic rings. The molecule has 0 N–H and O–H groups in total. The smallest absolute Gasteiger partial charge is 0.241 e. The first-order chi connectivity index (χ1) is 12.2. The number of pyridine rings is 1. The van der Waals surface area contributed by atoms with Gasteiger partial charge in [0.2, 0.25) is 5.91 Å². The third kappa shape index (κ3) is 4.37. The molecule has 0 atom stereocenters. The largest absolute Gasteiger partial charge is 0.354 e. The van der Waals surface area contributed by atoms with Gasteiger partial charge in [0.05, 0.1) is 6.54 Å². The zero-order chi connectivity index (χ0) is 17.6. The number of aromatic nitrogens is 1. The molecule has 2 heterocycles. The van der Waals surface area contributed by atoms with Gasteiger partial charge in [-0.3, -0.25) is 9.69 Å². The molecule has 0 radical (unpaired) electrons. The Balaban J connectivity index is 1.56. The summed E-state index contributed by atoms with van der Waals surface area (Å²) in [5.74, 6) is 1.18. The van der Waals surface area contributed by atoms with Crippen LogP contribution in [0.2, 0.25) is 0 Å². The van der Waals surface area contributed by atoms with Crippen molar-refractivity contribution in [3.8, 4) is 0 Å². The van der Waals surface area contributed by atoms with Crippen LogP contribution in [0.25, 0.3) is 0 Å². The number of anilines is 2. The number of carbonyl (C=O) groups excluding carboxylic acids is 1. The van der Waals surface area contributed by atoms with Gasteiger partial charge in [-0.05, 0) is 43.7 Å². The molecule has 25 heavy (non-hydrogen) atoms. The average Bonchev–Trinajstić information content (AvgIpc) is 2.64. The monoisotopic (exact) mass is 338 g/mol. The highest BCUT2D eigenvalue weighted by Crippen LogP contribution is 2.17. The first-order valence-corrected chi connectivity index (χ1v) is 8.92. The van der Waals surface area contributed by atoms with Gasteiger partial charge in [-0.25, -0.2) is 4.98 Å². The molecule has 132 valence electrons. The number of rotatable bonds is 5. The summed E-state index contributed by atoms with van der Waals surface area (Å²) in [6.45, 7) is 8.81. The Hall–Kier alpha value is -2.40. The minimum Gasteiger partial charge on any atom is -0.354 e. The van der Waals surface area contributed by atoms with Crippen LogP contribution in [-0.2, 0) is 4.79 Å². The topological polar surface area (TPSA) is 39.7 Å². The molecule has 2 aromatic rings. The fourth-order valence-electron chi connectivity index (χ4n) is 3.25. The molecule has 5 nitrogen and oxygen atoms in total. The average molecular weight is 338 g/mol. The van der Waals surface area contributed by atoms with Crippen molar-refractivity contribution in [1.29, 1.82) is 0 Å². The normalized spacial score (nSPS) is 15.2. The van der Waals surface area contributed by atoms with Gasteiger partial charge in [-0.2, -0.15) is 0 Å². The van der Waals surface area contributed by atoms with Gasteiger partial charge in [-0.15, -0.1) is 0 Å². The molecule has 1 aromatic carbocycles. The van der Waals surface area contributed by atoms with Gasteiger partial charge < -0.3 is 9.80 Å². The Bertz CT molecular complexity index is 696. The molecule has 1 saturated heterocycles. The van der Waals surface area contributed by atoms with Gasteiger partial charge in [0.15, 0.2) is 0 Å². The van der Waals surface area contributed by atoms with Crippen LogP contribution >= 0.6 is 0 Å². The van der Waals surface area contributed by atoms with Crippen LogP contribution in [-0.4, -0.2) is 55.1 Å². The van der Waals surface area contributed by atoms with E-state index in [1.54, 1.807) is 0 Å². The van der Waals surface area contributed by atoms with E-state index in [0.29, 0.717) is 13.1 Å². The first kappa shape index (κ1) is 17.4. The minimum absolute atomic E-state index is 0.166. The van der Waals surface area contributed by atoms with Crippen molar-refractivity contribution in [2.75, 3.05) is 49.1 Å². The molecule has 0 aliphatic carbocycles. The van der Waals surface area contributed by atoms with Gasteiger partial charge >= 0.3 is 0 Å². The number of hydrogen-bond donors (Lipinski definition) is 0. The second kappa shape index (κ2) is 8.12. The summed E-state index contributed by atoms with van der Waals surface area (Å²) in [4.78, 5) is 23.6. The second-order valence-corrected chi connectivity index (χ2v) is 6.43. The lowest BCUT2D eigenvalue weighted by atomic mass is 10.2. The van der Waals surface area contributed by atoms with E-state index in [9.17, 15) is 4.79 Å². The Kier molecular flexibility index (Phi) is 5.66. The second-order valence-electron chi connectivity index (χ2n) is 6.43. The van der Waals surface area contributed by atoms with E-state index >= 15 is 0 Å². The quantitative estimate of drug-likeness (QED) is 0.840. The Morgan fingerprint density at radius 1 is 1.12 bits per heavy atom. The molecule has 0 unspecified atom stereocenters. The molecular weight excluding hydrogens is 312 g/mol. The summed E-state index contributed by atoms with van der Waals surface area (Å²) in [6, 6.07) is 14.1. The highest BCUT2D eigenvalue weighted by Gasteiger charge is 2.22. The lowest BCUT2D eigenvalue weighted by molar-refractivity contribution is -0.119. The van der Waals surface area contributed by atoms with Crippen LogP contribution in [0, 0.1) is 6.92 Å². The highest BCUT2D eigenvalue weighted by molar-refractivity contribution is 5.94. The standard InChI is InChI=1S/C20H26N4O/c1-3-24(18-8-6-7-17(2)15-18)20(25)16-22-11-13-23(14-12-22)19-9-4-5-10-21-19/h4-10,15H,3,11-14,16H2,1-2H3. The van der Waals surface area contributed by atoms with Crippen molar-refractivity contribution >= 4 is 17.4 Å². The first-order valence-electron chi connectivity index (χ1n) is 8.92. The fraction of sp³-hybridized carbons (Fsp3) is 0.400. The lowest BCUT2D eigenvalue weighted by Gasteiger charge is -2.36. The summed E-state index contributed by atoms with van der Waals surface area (Å²) >= 11 is 0. The number of carbonyl (C=O) groups is 1. The molecule has 1 fully saturated rings. The number of aryl methyl sites for hydroxylation is 1. The predicted octanol–water partition coefficient (Wildman–Crippen LogP) is 2.57. The minimum atomic E-state index is 0.166. The fourth-order valence-corrected chi connectivity index (χ4v) is 3.25. The maximum absolute atomic E-state index is 12.8. The predicted molar refractivity (Wildman–Crippen MR) is 102 cm³/mol. The van der Waals surface area contributed by atoms with E-state index in [4.69, 9.17) is 0 Å². The van der Waals surface area contributed by atoms with Crippen LogP contribution in [0.1, 0.15) is 12.5 Å². The SMILES string of the molecule is CCN(C(=O)CN1CCN(c2ccccn2)CC1)c1cccc(C)c1. The number of nitrogens with zero attached hydrogens (tertiary/aromatic N) is 4. The van der Waals surface area contributed by atoms with E-state index in [2.05, 4.69) is 33.8 Å². The van der Waals surface area contributed by atoms with Crippen molar-refractivity contribution in [1.82, 2.24) is 9.88 Å². The van der Waals surface area contributed by atoms with Gasteiger partial charge in [0, 0.05) is 44.6 Å². The van der Waals surface area contributed by atoms with Gasteiger partial charge in [-0.1, -0.05) is 18.2 Å². The molecule has 1 amide bonds. The van der Waals surface area contributed by atoms with Crippen LogP contribution in [0.5, 0.6) is 0 Å². The maximum Gasteiger partial charge on any atom is 0.241 e. The zero-order valence-corrected chi connectivity index (χ0v) is 15.1. The van der Waals surface area contributed by atoms with Crippen LogP contribution in [0.3, 0.4) is 0 Å². The Morgan fingerprint density at radius 3 is 2.56 bits per heavy atom. The summed E-state index contributed by atoms with van der Waals surface area (Å²) in [7, 11) is 0. The Labute approximate surface area is 149 Å². The van der Waals surface area contributed by atoms with E-state index in [1.807, 2.05) is 48.4 Å². The molecule has 1 aliphatic heterocycles. The molecular formula is C20H26N4O. The van der Waals surface area contributed by atoms with Crippen molar-refractivity contribution in [2.24, 2.45) is 0 Å². The molecule has 0 spiro atoms.